The Morgan fingerprint density at radius 3 is 2.38 bits per heavy atom. The van der Waals surface area contributed by atoms with Crippen LogP contribution in [0.2, 0.25) is 0 Å². The third kappa shape index (κ3) is 4.86. The Morgan fingerprint density at radius 2 is 1.95 bits per heavy atom. The molecule has 0 spiro atoms. The van der Waals surface area contributed by atoms with E-state index in [4.69, 9.17) is 0 Å². The molecule has 0 aliphatic carbocycles. The van der Waals surface area contributed by atoms with Crippen molar-refractivity contribution in [3.8, 4) is 0 Å². The molecule has 1 heterocycles. The SMILES string of the molecule is CN(C)CC1CC(O)CN1C(=O)N[C@@H](C(=O)O)C(C)(C)C. The van der Waals surface area contributed by atoms with Crippen LogP contribution in [0, 0.1) is 5.41 Å². The smallest absolute Gasteiger partial charge is 0.326 e. The first kappa shape index (κ1) is 17.7. The van der Waals surface area contributed by atoms with E-state index in [1.165, 1.54) is 4.90 Å². The van der Waals surface area contributed by atoms with Crippen molar-refractivity contribution in [3.05, 3.63) is 0 Å². The third-order valence-electron chi connectivity index (χ3n) is 3.61. The van der Waals surface area contributed by atoms with E-state index >= 15 is 0 Å². The number of likely N-dealkylation sites (N-methyl/N-ethyl adjacent to an activating group) is 1. The van der Waals surface area contributed by atoms with Crippen LogP contribution >= 0.6 is 0 Å². The van der Waals surface area contributed by atoms with Gasteiger partial charge in [0.1, 0.15) is 6.04 Å². The first-order valence-corrected chi connectivity index (χ1v) is 7.15. The monoisotopic (exact) mass is 301 g/mol. The summed E-state index contributed by atoms with van der Waals surface area (Å²) in [5.74, 6) is -1.06. The second kappa shape index (κ2) is 6.62. The number of rotatable bonds is 4. The van der Waals surface area contributed by atoms with Crippen molar-refractivity contribution in [3.63, 3.8) is 0 Å². The molecular weight excluding hydrogens is 274 g/mol. The van der Waals surface area contributed by atoms with Gasteiger partial charge in [0, 0.05) is 19.1 Å². The fourth-order valence-electron chi connectivity index (χ4n) is 2.59. The first-order chi connectivity index (χ1) is 9.52. The predicted octanol–water partition coefficient (Wildman–Crippen LogP) is 0.192. The molecule has 1 rings (SSSR count). The van der Waals surface area contributed by atoms with Crippen LogP contribution in [0.1, 0.15) is 27.2 Å². The molecule has 1 aliphatic heterocycles. The molecule has 7 nitrogen and oxygen atoms in total. The van der Waals surface area contributed by atoms with Gasteiger partial charge in [-0.1, -0.05) is 20.8 Å². The summed E-state index contributed by atoms with van der Waals surface area (Å²) in [6.45, 7) is 6.17. The Morgan fingerprint density at radius 1 is 1.38 bits per heavy atom. The summed E-state index contributed by atoms with van der Waals surface area (Å²) in [4.78, 5) is 27.2. The Kier molecular flexibility index (Phi) is 5.58. The Hall–Kier alpha value is -1.34. The molecule has 3 atom stereocenters. The summed E-state index contributed by atoms with van der Waals surface area (Å²) in [7, 11) is 3.80. The predicted molar refractivity (Wildman–Crippen MR) is 79.1 cm³/mol. The number of hydrogen-bond donors (Lipinski definition) is 3. The zero-order valence-electron chi connectivity index (χ0n) is 13.5. The molecule has 0 aromatic carbocycles. The third-order valence-corrected chi connectivity index (χ3v) is 3.61. The molecule has 1 fully saturated rings. The zero-order chi connectivity index (χ0) is 16.4. The number of carbonyl (C=O) groups is 2. The summed E-state index contributed by atoms with van der Waals surface area (Å²) >= 11 is 0. The minimum atomic E-state index is -1.06. The van der Waals surface area contributed by atoms with Crippen LogP contribution in [0.25, 0.3) is 0 Å². The van der Waals surface area contributed by atoms with Crippen molar-refractivity contribution in [2.75, 3.05) is 27.2 Å². The first-order valence-electron chi connectivity index (χ1n) is 7.15. The topological polar surface area (TPSA) is 93.1 Å². The van der Waals surface area contributed by atoms with Gasteiger partial charge < -0.3 is 25.3 Å². The van der Waals surface area contributed by atoms with Crippen LogP contribution in [0.15, 0.2) is 0 Å². The van der Waals surface area contributed by atoms with E-state index in [0.717, 1.165) is 0 Å². The van der Waals surface area contributed by atoms with Gasteiger partial charge in [0.25, 0.3) is 0 Å². The number of carboxylic acids is 1. The number of carbonyl (C=O) groups excluding carboxylic acids is 1. The van der Waals surface area contributed by atoms with E-state index in [0.29, 0.717) is 13.0 Å². The molecule has 21 heavy (non-hydrogen) atoms. The molecule has 0 radical (unpaired) electrons. The number of aliphatic hydroxyl groups excluding tert-OH is 1. The molecule has 0 bridgehead atoms. The van der Waals surface area contributed by atoms with E-state index < -0.39 is 29.6 Å². The maximum Gasteiger partial charge on any atom is 0.326 e. The Labute approximate surface area is 125 Å². The van der Waals surface area contributed by atoms with Crippen LogP contribution in [-0.2, 0) is 4.79 Å². The van der Waals surface area contributed by atoms with Crippen LogP contribution in [0.3, 0.4) is 0 Å². The second-order valence-electron chi connectivity index (χ2n) is 7.04. The highest BCUT2D eigenvalue weighted by Crippen LogP contribution is 2.22. The van der Waals surface area contributed by atoms with Gasteiger partial charge in [0.05, 0.1) is 6.10 Å². The van der Waals surface area contributed by atoms with Crippen LogP contribution < -0.4 is 5.32 Å². The van der Waals surface area contributed by atoms with Crippen molar-refractivity contribution in [1.29, 1.82) is 0 Å². The van der Waals surface area contributed by atoms with E-state index in [9.17, 15) is 19.8 Å². The fraction of sp³-hybridized carbons (Fsp3) is 0.857. The number of aliphatic hydroxyl groups is 1. The lowest BCUT2D eigenvalue weighted by atomic mass is 9.87. The largest absolute Gasteiger partial charge is 0.480 e. The van der Waals surface area contributed by atoms with Gasteiger partial charge >= 0.3 is 12.0 Å². The summed E-state index contributed by atoms with van der Waals surface area (Å²) in [5, 5.41) is 21.6. The summed E-state index contributed by atoms with van der Waals surface area (Å²) in [6, 6.07) is -1.51. The van der Waals surface area contributed by atoms with Gasteiger partial charge in [-0.25, -0.2) is 9.59 Å². The van der Waals surface area contributed by atoms with Crippen LogP contribution in [0.5, 0.6) is 0 Å². The molecule has 3 N–H and O–H groups in total. The van der Waals surface area contributed by atoms with Gasteiger partial charge in [0.15, 0.2) is 0 Å². The van der Waals surface area contributed by atoms with Crippen molar-refractivity contribution >= 4 is 12.0 Å². The highest BCUT2D eigenvalue weighted by Gasteiger charge is 2.38. The number of nitrogens with one attached hydrogen (secondary N) is 1. The Bertz CT molecular complexity index is 392. The normalized spacial score (nSPS) is 24.2. The minimum Gasteiger partial charge on any atom is -0.480 e. The lowest BCUT2D eigenvalue weighted by Gasteiger charge is -2.32. The van der Waals surface area contributed by atoms with E-state index in [-0.39, 0.29) is 12.6 Å². The second-order valence-corrected chi connectivity index (χ2v) is 7.04. The van der Waals surface area contributed by atoms with Crippen molar-refractivity contribution < 1.29 is 19.8 Å². The number of amides is 2. The molecular formula is C14H27N3O4. The molecule has 0 aromatic heterocycles. The van der Waals surface area contributed by atoms with Crippen LogP contribution in [-0.4, -0.2) is 77.4 Å². The van der Waals surface area contributed by atoms with Crippen molar-refractivity contribution in [2.24, 2.45) is 5.41 Å². The number of β-amino-alcohol motifs (C(OH)–C–C–N with tert-alkyl or cyclic N) is 1. The molecule has 1 saturated heterocycles. The lowest BCUT2D eigenvalue weighted by molar-refractivity contribution is -0.142. The molecule has 2 unspecified atom stereocenters. The molecule has 7 heteroatoms. The number of carboxylic acid groups (broad SMARTS) is 1. The number of urea groups is 1. The summed E-state index contributed by atoms with van der Waals surface area (Å²) in [6.07, 6.45) is -0.0441. The van der Waals surface area contributed by atoms with Crippen molar-refractivity contribution in [2.45, 2.75) is 45.4 Å². The number of nitrogens with zero attached hydrogens (tertiary/aromatic N) is 2. The molecule has 0 aromatic rings. The number of aliphatic carboxylic acids is 1. The van der Waals surface area contributed by atoms with Gasteiger partial charge in [-0.05, 0) is 25.9 Å². The zero-order valence-corrected chi connectivity index (χ0v) is 13.5. The number of likely N-dealkylation sites (tertiary alicyclic amines) is 1. The van der Waals surface area contributed by atoms with E-state index in [2.05, 4.69) is 5.32 Å². The van der Waals surface area contributed by atoms with Gasteiger partial charge in [-0.2, -0.15) is 0 Å². The van der Waals surface area contributed by atoms with E-state index in [1.54, 1.807) is 20.8 Å². The fourth-order valence-corrected chi connectivity index (χ4v) is 2.59. The maximum atomic E-state index is 12.4. The molecule has 1 aliphatic rings. The lowest BCUT2D eigenvalue weighted by Crippen LogP contribution is -2.55. The van der Waals surface area contributed by atoms with Gasteiger partial charge in [-0.15, -0.1) is 0 Å². The summed E-state index contributed by atoms with van der Waals surface area (Å²) < 4.78 is 0. The van der Waals surface area contributed by atoms with Gasteiger partial charge in [-0.3, -0.25) is 0 Å². The highest BCUT2D eigenvalue weighted by molar-refractivity contribution is 5.83. The molecule has 122 valence electrons. The minimum absolute atomic E-state index is 0.107. The molecule has 2 amide bonds. The van der Waals surface area contributed by atoms with Crippen LogP contribution in [0.4, 0.5) is 4.79 Å². The standard InChI is InChI=1S/C14H27N3O4/c1-14(2,3)11(12(19)20)15-13(21)17-8-10(18)6-9(17)7-16(4)5/h9-11,18H,6-8H2,1-5H3,(H,15,21)(H,19,20)/t9?,10?,11-/m0/s1. The average Bonchev–Trinajstić information content (AvgIpc) is 2.63. The van der Waals surface area contributed by atoms with E-state index in [1.807, 2.05) is 19.0 Å². The number of hydrogen-bond acceptors (Lipinski definition) is 4. The average molecular weight is 301 g/mol. The Balaban J connectivity index is 2.78. The quantitative estimate of drug-likeness (QED) is 0.689. The highest BCUT2D eigenvalue weighted by atomic mass is 16.4. The van der Waals surface area contributed by atoms with Crippen molar-refractivity contribution in [1.82, 2.24) is 15.1 Å². The maximum absolute atomic E-state index is 12.4. The molecule has 0 saturated carbocycles. The van der Waals surface area contributed by atoms with Gasteiger partial charge in [0.2, 0.25) is 0 Å². The summed E-state index contributed by atoms with van der Waals surface area (Å²) in [5.41, 5.74) is -0.586.